The van der Waals surface area contributed by atoms with E-state index in [-0.39, 0.29) is 5.63 Å². The number of benzene rings is 1. The largest absolute Gasteiger partial charge is 0.423 e. The first kappa shape index (κ1) is 17.6. The van der Waals surface area contributed by atoms with Gasteiger partial charge in [-0.15, -0.1) is 0 Å². The Kier molecular flexibility index (Phi) is 6.69. The van der Waals surface area contributed by atoms with Crippen molar-refractivity contribution in [3.63, 3.8) is 0 Å². The summed E-state index contributed by atoms with van der Waals surface area (Å²) >= 11 is 0. The summed E-state index contributed by atoms with van der Waals surface area (Å²) in [6.07, 6.45) is 7.39. The van der Waals surface area contributed by atoms with Crippen molar-refractivity contribution in [2.24, 2.45) is 0 Å². The van der Waals surface area contributed by atoms with E-state index in [2.05, 4.69) is 30.9 Å². The molecule has 1 heterocycles. The van der Waals surface area contributed by atoms with E-state index in [4.69, 9.17) is 4.42 Å². The maximum atomic E-state index is 11.6. The fourth-order valence-electron chi connectivity index (χ4n) is 2.99. The first-order valence-corrected chi connectivity index (χ1v) is 8.95. The number of nitrogens with zero attached hydrogens (tertiary/aromatic N) is 1. The monoisotopic (exact) mass is 315 g/mol. The Morgan fingerprint density at radius 3 is 2.22 bits per heavy atom. The quantitative estimate of drug-likeness (QED) is 0.466. The molecule has 3 heteroatoms. The lowest BCUT2D eigenvalue weighted by molar-refractivity contribution is 0.559. The van der Waals surface area contributed by atoms with Gasteiger partial charge in [-0.2, -0.15) is 0 Å². The molecule has 2 aromatic rings. The third-order valence-corrected chi connectivity index (χ3v) is 4.36. The summed E-state index contributed by atoms with van der Waals surface area (Å²) in [5, 5.41) is 1.02. The Morgan fingerprint density at radius 1 is 0.957 bits per heavy atom. The minimum Gasteiger partial charge on any atom is -0.423 e. The molecule has 0 amide bonds. The molecule has 0 aliphatic rings. The molecule has 0 fully saturated rings. The van der Waals surface area contributed by atoms with Crippen molar-refractivity contribution in [3.8, 4) is 0 Å². The molecule has 23 heavy (non-hydrogen) atoms. The van der Waals surface area contributed by atoms with Gasteiger partial charge in [-0.05, 0) is 37.5 Å². The first-order valence-electron chi connectivity index (χ1n) is 8.95. The van der Waals surface area contributed by atoms with E-state index in [1.54, 1.807) is 6.07 Å². The lowest BCUT2D eigenvalue weighted by Crippen LogP contribution is -2.25. The Hall–Kier alpha value is -1.77. The Morgan fingerprint density at radius 2 is 1.61 bits per heavy atom. The van der Waals surface area contributed by atoms with Gasteiger partial charge < -0.3 is 9.32 Å². The standard InChI is InChI=1S/C20H29NO2/c1-4-6-8-12-21(13-9-7-5-2)17-10-11-18-16(3)14-20(22)23-19(18)15-17/h10-11,14-15H,4-9,12-13H2,1-3H3. The summed E-state index contributed by atoms with van der Waals surface area (Å²) in [5.74, 6) is 0. The summed E-state index contributed by atoms with van der Waals surface area (Å²) in [4.78, 5) is 14.1. The molecule has 0 aliphatic heterocycles. The van der Waals surface area contributed by atoms with Gasteiger partial charge in [0, 0.05) is 36.3 Å². The number of anilines is 1. The highest BCUT2D eigenvalue weighted by atomic mass is 16.4. The van der Waals surface area contributed by atoms with Crippen LogP contribution < -0.4 is 10.5 Å². The molecular formula is C20H29NO2. The van der Waals surface area contributed by atoms with Crippen LogP contribution in [0.1, 0.15) is 57.9 Å². The number of rotatable bonds is 9. The molecule has 3 nitrogen and oxygen atoms in total. The maximum Gasteiger partial charge on any atom is 0.336 e. The molecule has 0 saturated carbocycles. The highest BCUT2D eigenvalue weighted by Gasteiger charge is 2.09. The molecule has 2 rings (SSSR count). The second kappa shape index (κ2) is 8.76. The zero-order valence-electron chi connectivity index (χ0n) is 14.7. The topological polar surface area (TPSA) is 33.5 Å². The van der Waals surface area contributed by atoms with E-state index in [0.717, 1.165) is 24.0 Å². The van der Waals surface area contributed by atoms with Crippen molar-refractivity contribution in [2.75, 3.05) is 18.0 Å². The Bertz CT molecular complexity index is 665. The summed E-state index contributed by atoms with van der Waals surface area (Å²) in [6.45, 7) is 8.56. The van der Waals surface area contributed by atoms with Crippen LogP contribution in [0.5, 0.6) is 0 Å². The number of fused-ring (bicyclic) bond motifs is 1. The lowest BCUT2D eigenvalue weighted by Gasteiger charge is -2.25. The van der Waals surface area contributed by atoms with Crippen LogP contribution in [-0.4, -0.2) is 13.1 Å². The Labute approximate surface area is 139 Å². The second-order valence-corrected chi connectivity index (χ2v) is 6.33. The highest BCUT2D eigenvalue weighted by Crippen LogP contribution is 2.24. The average Bonchev–Trinajstić information content (AvgIpc) is 2.53. The molecular weight excluding hydrogens is 286 g/mol. The number of hydrogen-bond donors (Lipinski definition) is 0. The fourth-order valence-corrected chi connectivity index (χ4v) is 2.99. The van der Waals surface area contributed by atoms with Gasteiger partial charge in [0.05, 0.1) is 0 Å². The van der Waals surface area contributed by atoms with Gasteiger partial charge in [-0.3, -0.25) is 0 Å². The Balaban J connectivity index is 2.25. The molecule has 0 aliphatic carbocycles. The van der Waals surface area contributed by atoms with E-state index in [1.165, 1.54) is 44.2 Å². The third kappa shape index (κ3) is 4.85. The number of hydrogen-bond acceptors (Lipinski definition) is 3. The van der Waals surface area contributed by atoms with Crippen LogP contribution in [0.2, 0.25) is 0 Å². The van der Waals surface area contributed by atoms with Crippen molar-refractivity contribution >= 4 is 16.7 Å². The van der Waals surface area contributed by atoms with Gasteiger partial charge >= 0.3 is 5.63 Å². The predicted octanol–water partition coefficient (Wildman–Crippen LogP) is 5.29. The van der Waals surface area contributed by atoms with Crippen LogP contribution >= 0.6 is 0 Å². The van der Waals surface area contributed by atoms with Gasteiger partial charge in [0.25, 0.3) is 0 Å². The van der Waals surface area contributed by atoms with Crippen LogP contribution in [0, 0.1) is 6.92 Å². The first-order chi connectivity index (χ1) is 11.2. The van der Waals surface area contributed by atoms with Crippen molar-refractivity contribution in [1.29, 1.82) is 0 Å². The van der Waals surface area contributed by atoms with E-state index < -0.39 is 0 Å². The van der Waals surface area contributed by atoms with Gasteiger partial charge in [-0.1, -0.05) is 39.5 Å². The molecule has 0 bridgehead atoms. The molecule has 1 aromatic heterocycles. The van der Waals surface area contributed by atoms with E-state index in [9.17, 15) is 4.79 Å². The van der Waals surface area contributed by atoms with Crippen molar-refractivity contribution in [3.05, 3.63) is 40.2 Å². The van der Waals surface area contributed by atoms with E-state index >= 15 is 0 Å². The zero-order valence-corrected chi connectivity index (χ0v) is 14.7. The van der Waals surface area contributed by atoms with Crippen LogP contribution in [0.15, 0.2) is 33.5 Å². The van der Waals surface area contributed by atoms with Crippen molar-refractivity contribution in [1.82, 2.24) is 0 Å². The molecule has 0 spiro atoms. The predicted molar refractivity (Wildman–Crippen MR) is 98.5 cm³/mol. The van der Waals surface area contributed by atoms with E-state index in [1.807, 2.05) is 13.0 Å². The van der Waals surface area contributed by atoms with E-state index in [0.29, 0.717) is 5.58 Å². The minimum absolute atomic E-state index is 0.268. The van der Waals surface area contributed by atoms with Gasteiger partial charge in [0.15, 0.2) is 0 Å². The lowest BCUT2D eigenvalue weighted by atomic mass is 10.1. The summed E-state index contributed by atoms with van der Waals surface area (Å²) in [6, 6.07) is 7.83. The maximum absolute atomic E-state index is 11.6. The van der Waals surface area contributed by atoms with Crippen molar-refractivity contribution < 1.29 is 4.42 Å². The van der Waals surface area contributed by atoms with Crippen LogP contribution in [0.3, 0.4) is 0 Å². The SMILES string of the molecule is CCCCCN(CCCCC)c1ccc2c(C)cc(=O)oc2c1. The number of aryl methyl sites for hydroxylation is 1. The van der Waals surface area contributed by atoms with Gasteiger partial charge in [-0.25, -0.2) is 4.79 Å². The summed E-state index contributed by atoms with van der Waals surface area (Å²) < 4.78 is 5.40. The number of unbranched alkanes of at least 4 members (excludes halogenated alkanes) is 4. The highest BCUT2D eigenvalue weighted by molar-refractivity contribution is 5.83. The molecule has 0 atom stereocenters. The minimum atomic E-state index is -0.268. The molecule has 0 N–H and O–H groups in total. The average molecular weight is 315 g/mol. The van der Waals surface area contributed by atoms with Crippen molar-refractivity contribution in [2.45, 2.75) is 59.3 Å². The van der Waals surface area contributed by atoms with Crippen LogP contribution in [0.4, 0.5) is 5.69 Å². The molecule has 0 radical (unpaired) electrons. The fraction of sp³-hybridized carbons (Fsp3) is 0.550. The molecule has 0 unspecified atom stereocenters. The van der Waals surface area contributed by atoms with Crippen LogP contribution in [0.25, 0.3) is 11.0 Å². The summed E-state index contributed by atoms with van der Waals surface area (Å²) in [5.41, 5.74) is 2.57. The normalized spacial score (nSPS) is 11.1. The molecule has 126 valence electrons. The zero-order chi connectivity index (χ0) is 16.7. The second-order valence-electron chi connectivity index (χ2n) is 6.33. The van der Waals surface area contributed by atoms with Gasteiger partial charge in [0.2, 0.25) is 0 Å². The smallest absolute Gasteiger partial charge is 0.336 e. The summed E-state index contributed by atoms with van der Waals surface area (Å²) in [7, 11) is 0. The van der Waals surface area contributed by atoms with Gasteiger partial charge in [0.1, 0.15) is 5.58 Å². The molecule has 1 aromatic carbocycles. The third-order valence-electron chi connectivity index (χ3n) is 4.36. The molecule has 0 saturated heterocycles. The van der Waals surface area contributed by atoms with Crippen LogP contribution in [-0.2, 0) is 0 Å².